The number of carbonyl (C=O) groups is 1. The number of aromatic nitrogens is 2. The minimum Gasteiger partial charge on any atom is -0.342 e. The largest absolute Gasteiger partial charge is 0.342 e. The van der Waals surface area contributed by atoms with Gasteiger partial charge in [-0.05, 0) is 44.2 Å². The zero-order valence-corrected chi connectivity index (χ0v) is 15.2. The molecule has 1 aliphatic rings. The molecular formula is C19H25FN4O2. The second kappa shape index (κ2) is 7.95. The number of likely N-dealkylation sites (tertiary alicyclic amines) is 1. The molecule has 3 rings (SSSR count). The van der Waals surface area contributed by atoms with Gasteiger partial charge in [0, 0.05) is 37.5 Å². The van der Waals surface area contributed by atoms with Gasteiger partial charge in [-0.15, -0.1) is 0 Å². The first-order valence-electron chi connectivity index (χ1n) is 9.06. The predicted octanol–water partition coefficient (Wildman–Crippen LogP) is 2.70. The van der Waals surface area contributed by atoms with E-state index in [1.54, 1.807) is 19.1 Å². The molecule has 0 unspecified atom stereocenters. The Bertz CT molecular complexity index is 775. The molecule has 0 saturated carbocycles. The lowest BCUT2D eigenvalue weighted by Gasteiger charge is -2.34. The lowest BCUT2D eigenvalue weighted by molar-refractivity contribution is -0.133. The van der Waals surface area contributed by atoms with Crippen molar-refractivity contribution in [1.82, 2.24) is 15.0 Å². The topological polar surface area (TPSA) is 85.2 Å². The van der Waals surface area contributed by atoms with Gasteiger partial charge in [-0.25, -0.2) is 4.39 Å². The van der Waals surface area contributed by atoms with Crippen molar-refractivity contribution in [3.05, 3.63) is 35.5 Å². The standard InChI is InChI=1S/C19H25FN4O2/c1-12-5-6-14(10-16(12)20)19-22-17(26-23-19)7-8-18(25)24-9-3-4-15(11-24)13(2)21/h5-6,10,13,15H,3-4,7-9,11,21H2,1-2H3/t13-,15+/m1/s1. The van der Waals surface area contributed by atoms with Crippen molar-refractivity contribution < 1.29 is 13.7 Å². The Morgan fingerprint density at radius 3 is 3.04 bits per heavy atom. The Balaban J connectivity index is 1.57. The van der Waals surface area contributed by atoms with Crippen LogP contribution in [0.3, 0.4) is 0 Å². The molecular weight excluding hydrogens is 335 g/mol. The van der Waals surface area contributed by atoms with Crippen LogP contribution in [0.1, 0.15) is 37.6 Å². The van der Waals surface area contributed by atoms with Crippen molar-refractivity contribution in [3.63, 3.8) is 0 Å². The highest BCUT2D eigenvalue weighted by atomic mass is 19.1. The number of rotatable bonds is 5. The molecule has 6 nitrogen and oxygen atoms in total. The number of hydrogen-bond acceptors (Lipinski definition) is 5. The number of amides is 1. The normalized spacial score (nSPS) is 18.8. The number of benzene rings is 1. The van der Waals surface area contributed by atoms with Gasteiger partial charge >= 0.3 is 0 Å². The van der Waals surface area contributed by atoms with Crippen molar-refractivity contribution in [3.8, 4) is 11.4 Å². The van der Waals surface area contributed by atoms with E-state index in [1.807, 2.05) is 11.8 Å². The van der Waals surface area contributed by atoms with Crippen LogP contribution in [-0.4, -0.2) is 40.1 Å². The minimum absolute atomic E-state index is 0.0801. The third-order valence-corrected chi connectivity index (χ3v) is 5.00. The van der Waals surface area contributed by atoms with Crippen LogP contribution in [0.15, 0.2) is 22.7 Å². The molecule has 0 radical (unpaired) electrons. The molecule has 1 aromatic heterocycles. The molecule has 0 spiro atoms. The van der Waals surface area contributed by atoms with Gasteiger partial charge < -0.3 is 15.2 Å². The summed E-state index contributed by atoms with van der Waals surface area (Å²) in [7, 11) is 0. The maximum atomic E-state index is 13.7. The van der Waals surface area contributed by atoms with Gasteiger partial charge in [-0.1, -0.05) is 17.3 Å². The van der Waals surface area contributed by atoms with E-state index in [0.717, 1.165) is 19.4 Å². The molecule has 140 valence electrons. The molecule has 0 bridgehead atoms. The number of nitrogens with zero attached hydrogens (tertiary/aromatic N) is 3. The Hall–Kier alpha value is -2.28. The zero-order chi connectivity index (χ0) is 18.7. The first-order valence-corrected chi connectivity index (χ1v) is 9.06. The average molecular weight is 360 g/mol. The zero-order valence-electron chi connectivity index (χ0n) is 15.2. The third kappa shape index (κ3) is 4.27. The predicted molar refractivity (Wildman–Crippen MR) is 95.7 cm³/mol. The minimum atomic E-state index is -0.308. The van der Waals surface area contributed by atoms with E-state index in [9.17, 15) is 9.18 Å². The van der Waals surface area contributed by atoms with E-state index in [1.165, 1.54) is 6.07 Å². The van der Waals surface area contributed by atoms with Crippen molar-refractivity contribution in [2.75, 3.05) is 13.1 Å². The third-order valence-electron chi connectivity index (χ3n) is 5.00. The Kier molecular flexibility index (Phi) is 5.66. The summed E-state index contributed by atoms with van der Waals surface area (Å²) in [5, 5.41) is 3.89. The summed E-state index contributed by atoms with van der Waals surface area (Å²) in [5.74, 6) is 0.852. The molecule has 2 N–H and O–H groups in total. The Morgan fingerprint density at radius 2 is 2.31 bits per heavy atom. The average Bonchev–Trinajstić information content (AvgIpc) is 3.11. The molecule has 1 saturated heterocycles. The molecule has 2 heterocycles. The Labute approximate surface area is 152 Å². The maximum Gasteiger partial charge on any atom is 0.227 e. The summed E-state index contributed by atoms with van der Waals surface area (Å²) >= 11 is 0. The van der Waals surface area contributed by atoms with E-state index in [2.05, 4.69) is 10.1 Å². The Morgan fingerprint density at radius 1 is 1.50 bits per heavy atom. The van der Waals surface area contributed by atoms with E-state index in [-0.39, 0.29) is 17.8 Å². The van der Waals surface area contributed by atoms with Gasteiger partial charge in [0.05, 0.1) is 0 Å². The van der Waals surface area contributed by atoms with Crippen molar-refractivity contribution in [2.45, 2.75) is 45.6 Å². The lowest BCUT2D eigenvalue weighted by atomic mass is 9.92. The second-order valence-corrected chi connectivity index (χ2v) is 7.08. The summed E-state index contributed by atoms with van der Waals surface area (Å²) in [6.45, 7) is 5.18. The van der Waals surface area contributed by atoms with Gasteiger partial charge in [-0.3, -0.25) is 4.79 Å². The van der Waals surface area contributed by atoms with Crippen LogP contribution >= 0.6 is 0 Å². The first-order chi connectivity index (χ1) is 12.4. The van der Waals surface area contributed by atoms with E-state index in [0.29, 0.717) is 48.1 Å². The number of hydrogen-bond donors (Lipinski definition) is 1. The van der Waals surface area contributed by atoms with Crippen molar-refractivity contribution in [1.29, 1.82) is 0 Å². The number of halogens is 1. The maximum absolute atomic E-state index is 13.7. The van der Waals surface area contributed by atoms with Crippen LogP contribution in [0.25, 0.3) is 11.4 Å². The summed E-state index contributed by atoms with van der Waals surface area (Å²) in [4.78, 5) is 18.6. The molecule has 7 heteroatoms. The van der Waals surface area contributed by atoms with E-state index in [4.69, 9.17) is 10.3 Å². The summed E-state index contributed by atoms with van der Waals surface area (Å²) in [6.07, 6.45) is 2.75. The van der Waals surface area contributed by atoms with Gasteiger partial charge in [0.2, 0.25) is 17.6 Å². The molecule has 2 atom stereocenters. The van der Waals surface area contributed by atoms with Crippen molar-refractivity contribution >= 4 is 5.91 Å². The van der Waals surface area contributed by atoms with Crippen LogP contribution in [0, 0.1) is 18.7 Å². The molecule has 1 aliphatic heterocycles. The molecule has 26 heavy (non-hydrogen) atoms. The second-order valence-electron chi connectivity index (χ2n) is 7.08. The number of carbonyl (C=O) groups excluding carboxylic acids is 1. The SMILES string of the molecule is Cc1ccc(-c2noc(CCC(=O)N3CCC[C@H]([C@@H](C)N)C3)n2)cc1F. The van der Waals surface area contributed by atoms with Crippen LogP contribution in [0.2, 0.25) is 0 Å². The van der Waals surface area contributed by atoms with Crippen LogP contribution < -0.4 is 5.73 Å². The van der Waals surface area contributed by atoms with Gasteiger partial charge in [0.25, 0.3) is 0 Å². The first kappa shape index (κ1) is 18.5. The van der Waals surface area contributed by atoms with Gasteiger partial charge in [-0.2, -0.15) is 4.98 Å². The molecule has 1 amide bonds. The van der Waals surface area contributed by atoms with E-state index < -0.39 is 0 Å². The van der Waals surface area contributed by atoms with Crippen LogP contribution in [0.4, 0.5) is 4.39 Å². The monoisotopic (exact) mass is 360 g/mol. The number of aryl methyl sites for hydroxylation is 2. The summed E-state index contributed by atoms with van der Waals surface area (Å²) in [6, 6.07) is 4.91. The molecule has 1 aromatic carbocycles. The highest BCUT2D eigenvalue weighted by Gasteiger charge is 2.25. The molecule has 0 aliphatic carbocycles. The molecule has 2 aromatic rings. The fourth-order valence-electron chi connectivity index (χ4n) is 3.24. The fraction of sp³-hybridized carbons (Fsp3) is 0.526. The van der Waals surface area contributed by atoms with Gasteiger partial charge in [0.1, 0.15) is 5.82 Å². The number of nitrogens with two attached hydrogens (primary N) is 1. The quantitative estimate of drug-likeness (QED) is 0.886. The van der Waals surface area contributed by atoms with Crippen LogP contribution in [0.5, 0.6) is 0 Å². The summed E-state index contributed by atoms with van der Waals surface area (Å²) < 4.78 is 18.9. The molecule has 1 fully saturated rings. The van der Waals surface area contributed by atoms with E-state index >= 15 is 0 Å². The fourth-order valence-corrected chi connectivity index (χ4v) is 3.24. The van der Waals surface area contributed by atoms with Crippen LogP contribution in [-0.2, 0) is 11.2 Å². The highest BCUT2D eigenvalue weighted by molar-refractivity contribution is 5.76. The number of piperidine rings is 1. The smallest absolute Gasteiger partial charge is 0.227 e. The lowest BCUT2D eigenvalue weighted by Crippen LogP contribution is -2.45. The van der Waals surface area contributed by atoms with Gasteiger partial charge in [0.15, 0.2) is 0 Å². The van der Waals surface area contributed by atoms with Crippen molar-refractivity contribution in [2.24, 2.45) is 11.7 Å². The highest BCUT2D eigenvalue weighted by Crippen LogP contribution is 2.21. The summed E-state index contributed by atoms with van der Waals surface area (Å²) in [5.41, 5.74) is 7.10.